The van der Waals surface area contributed by atoms with Gasteiger partial charge < -0.3 is 15.7 Å². The quantitative estimate of drug-likeness (QED) is 0.760. The molecule has 0 aromatic rings. The standard InChI is InChI=1S/C13H24N2O2S/c1-4-13(5-2,10(14)18)11(16)15-8-6-7-12(3,17)9-15/h17H,4-9H2,1-3H3,(H2,14,18). The molecule has 18 heavy (non-hydrogen) atoms. The molecule has 3 N–H and O–H groups in total. The third-order valence-corrected chi connectivity index (χ3v) is 4.44. The third kappa shape index (κ3) is 2.83. The predicted molar refractivity (Wildman–Crippen MR) is 76.2 cm³/mol. The minimum absolute atomic E-state index is 0.0278. The lowest BCUT2D eigenvalue weighted by atomic mass is 9.79. The third-order valence-electron chi connectivity index (χ3n) is 4.05. The van der Waals surface area contributed by atoms with Gasteiger partial charge in [-0.05, 0) is 32.6 Å². The van der Waals surface area contributed by atoms with Crippen LogP contribution in [0.1, 0.15) is 46.5 Å². The van der Waals surface area contributed by atoms with Crippen LogP contribution in [0.25, 0.3) is 0 Å². The molecule has 0 radical (unpaired) electrons. The van der Waals surface area contributed by atoms with Crippen molar-refractivity contribution in [1.82, 2.24) is 4.90 Å². The van der Waals surface area contributed by atoms with Crippen LogP contribution in [0.5, 0.6) is 0 Å². The Hall–Kier alpha value is -0.680. The number of carbonyl (C=O) groups is 1. The van der Waals surface area contributed by atoms with E-state index in [-0.39, 0.29) is 10.9 Å². The normalized spacial score (nSPS) is 25.0. The lowest BCUT2D eigenvalue weighted by Gasteiger charge is -2.41. The number of nitrogens with two attached hydrogens (primary N) is 1. The monoisotopic (exact) mass is 272 g/mol. The number of piperidine rings is 1. The van der Waals surface area contributed by atoms with Gasteiger partial charge in [-0.25, -0.2) is 0 Å². The van der Waals surface area contributed by atoms with Crippen LogP contribution in [0, 0.1) is 5.41 Å². The molecule has 1 unspecified atom stereocenters. The fourth-order valence-electron chi connectivity index (χ4n) is 2.70. The summed E-state index contributed by atoms with van der Waals surface area (Å²) in [5.41, 5.74) is 4.25. The van der Waals surface area contributed by atoms with Gasteiger partial charge in [0.1, 0.15) is 0 Å². The second-order valence-electron chi connectivity index (χ2n) is 5.48. The van der Waals surface area contributed by atoms with Crippen LogP contribution in [0.15, 0.2) is 0 Å². The molecule has 1 rings (SSSR count). The van der Waals surface area contributed by atoms with E-state index in [9.17, 15) is 9.90 Å². The molecule has 0 aromatic heterocycles. The Morgan fingerprint density at radius 1 is 1.50 bits per heavy atom. The van der Waals surface area contributed by atoms with Gasteiger partial charge in [0, 0.05) is 13.1 Å². The van der Waals surface area contributed by atoms with Crippen LogP contribution < -0.4 is 5.73 Å². The zero-order chi connectivity index (χ0) is 14.0. The van der Waals surface area contributed by atoms with Gasteiger partial charge in [0.25, 0.3) is 0 Å². The molecule has 4 nitrogen and oxygen atoms in total. The molecular weight excluding hydrogens is 248 g/mol. The van der Waals surface area contributed by atoms with Crippen molar-refractivity contribution in [3.8, 4) is 0 Å². The molecule has 0 aliphatic carbocycles. The number of nitrogens with zero attached hydrogens (tertiary/aromatic N) is 1. The molecule has 0 aromatic carbocycles. The smallest absolute Gasteiger partial charge is 0.235 e. The summed E-state index contributed by atoms with van der Waals surface area (Å²) in [6.07, 6.45) is 2.77. The lowest BCUT2D eigenvalue weighted by molar-refractivity contribution is -0.145. The van der Waals surface area contributed by atoms with Gasteiger partial charge in [-0.2, -0.15) is 0 Å². The molecule has 104 valence electrons. The molecule has 1 atom stereocenters. The number of thiocarbonyl (C=S) groups is 1. The van der Waals surface area contributed by atoms with Crippen molar-refractivity contribution in [3.05, 3.63) is 0 Å². The van der Waals surface area contributed by atoms with Gasteiger partial charge in [0.2, 0.25) is 5.91 Å². The highest BCUT2D eigenvalue weighted by Crippen LogP contribution is 2.32. The molecule has 0 spiro atoms. The Morgan fingerprint density at radius 2 is 2.06 bits per heavy atom. The van der Waals surface area contributed by atoms with E-state index in [0.717, 1.165) is 12.8 Å². The fourth-order valence-corrected chi connectivity index (χ4v) is 3.08. The van der Waals surface area contributed by atoms with E-state index in [4.69, 9.17) is 18.0 Å². The fraction of sp³-hybridized carbons (Fsp3) is 0.846. The zero-order valence-electron chi connectivity index (χ0n) is 11.5. The van der Waals surface area contributed by atoms with Crippen molar-refractivity contribution < 1.29 is 9.90 Å². The largest absolute Gasteiger partial charge is 0.392 e. The SMILES string of the molecule is CCC(CC)(C(=O)N1CCCC(C)(O)C1)C(N)=S. The van der Waals surface area contributed by atoms with Crippen LogP contribution in [0.2, 0.25) is 0 Å². The molecule has 1 amide bonds. The Labute approximate surface area is 115 Å². The molecule has 1 aliphatic rings. The molecule has 1 saturated heterocycles. The van der Waals surface area contributed by atoms with E-state index in [0.29, 0.717) is 25.9 Å². The first-order valence-corrected chi connectivity index (χ1v) is 7.01. The average molecular weight is 272 g/mol. The minimum atomic E-state index is -0.794. The summed E-state index contributed by atoms with van der Waals surface area (Å²) in [5.74, 6) is -0.0278. The first-order valence-electron chi connectivity index (χ1n) is 6.61. The van der Waals surface area contributed by atoms with Crippen LogP contribution in [-0.2, 0) is 4.79 Å². The Morgan fingerprint density at radius 3 is 2.44 bits per heavy atom. The van der Waals surface area contributed by atoms with E-state index in [1.165, 1.54) is 0 Å². The Kier molecular flexibility index (Phi) is 4.72. The van der Waals surface area contributed by atoms with E-state index in [1.54, 1.807) is 11.8 Å². The maximum Gasteiger partial charge on any atom is 0.235 e. The number of hydrogen-bond donors (Lipinski definition) is 2. The van der Waals surface area contributed by atoms with Crippen LogP contribution in [0.4, 0.5) is 0 Å². The summed E-state index contributed by atoms with van der Waals surface area (Å²) < 4.78 is 0. The van der Waals surface area contributed by atoms with E-state index >= 15 is 0 Å². The first-order chi connectivity index (χ1) is 8.29. The van der Waals surface area contributed by atoms with Crippen molar-refractivity contribution in [2.75, 3.05) is 13.1 Å². The van der Waals surface area contributed by atoms with Crippen LogP contribution in [0.3, 0.4) is 0 Å². The number of amides is 1. The van der Waals surface area contributed by atoms with Gasteiger partial charge in [0.15, 0.2) is 0 Å². The minimum Gasteiger partial charge on any atom is -0.392 e. The maximum atomic E-state index is 12.7. The van der Waals surface area contributed by atoms with Crippen LogP contribution in [-0.4, -0.2) is 39.6 Å². The second-order valence-corrected chi connectivity index (χ2v) is 5.92. The van der Waals surface area contributed by atoms with E-state index in [1.807, 2.05) is 13.8 Å². The number of carbonyl (C=O) groups excluding carboxylic acids is 1. The van der Waals surface area contributed by atoms with Crippen molar-refractivity contribution in [1.29, 1.82) is 0 Å². The Balaban J connectivity index is 2.94. The van der Waals surface area contributed by atoms with Gasteiger partial charge in [-0.3, -0.25) is 4.79 Å². The maximum absolute atomic E-state index is 12.7. The van der Waals surface area contributed by atoms with Crippen LogP contribution >= 0.6 is 12.2 Å². The average Bonchev–Trinajstić information content (AvgIpc) is 2.29. The molecule has 1 aliphatic heterocycles. The number of hydrogen-bond acceptors (Lipinski definition) is 3. The van der Waals surface area contributed by atoms with Gasteiger partial charge in [0.05, 0.1) is 16.0 Å². The number of aliphatic hydroxyl groups is 1. The topological polar surface area (TPSA) is 66.6 Å². The van der Waals surface area contributed by atoms with E-state index in [2.05, 4.69) is 0 Å². The number of likely N-dealkylation sites (tertiary alicyclic amines) is 1. The molecule has 1 heterocycles. The van der Waals surface area contributed by atoms with Crippen molar-refractivity contribution >= 4 is 23.1 Å². The van der Waals surface area contributed by atoms with Gasteiger partial charge in [-0.1, -0.05) is 26.1 Å². The zero-order valence-corrected chi connectivity index (χ0v) is 12.3. The molecule has 0 saturated carbocycles. The predicted octanol–water partition coefficient (Wildman–Crippen LogP) is 1.45. The summed E-state index contributed by atoms with van der Waals surface area (Å²) in [6, 6.07) is 0. The van der Waals surface area contributed by atoms with Crippen molar-refractivity contribution in [2.45, 2.75) is 52.1 Å². The highest BCUT2D eigenvalue weighted by Gasteiger charge is 2.43. The second kappa shape index (κ2) is 5.53. The highest BCUT2D eigenvalue weighted by atomic mass is 32.1. The first kappa shape index (κ1) is 15.4. The summed E-state index contributed by atoms with van der Waals surface area (Å²) in [6.45, 7) is 6.69. The molecule has 0 bridgehead atoms. The molecule has 5 heteroatoms. The summed E-state index contributed by atoms with van der Waals surface area (Å²) >= 11 is 5.10. The summed E-state index contributed by atoms with van der Waals surface area (Å²) in [4.78, 5) is 14.6. The number of β-amino-alcohol motifs (C(OH)–C–C–N with tert-alkyl or cyclic N) is 1. The molecule has 1 fully saturated rings. The Bertz CT molecular complexity index is 338. The lowest BCUT2D eigenvalue weighted by Crippen LogP contribution is -2.56. The van der Waals surface area contributed by atoms with Crippen molar-refractivity contribution in [3.63, 3.8) is 0 Å². The summed E-state index contributed by atoms with van der Waals surface area (Å²) in [7, 11) is 0. The van der Waals surface area contributed by atoms with Gasteiger partial charge in [-0.15, -0.1) is 0 Å². The number of rotatable bonds is 4. The van der Waals surface area contributed by atoms with Gasteiger partial charge >= 0.3 is 0 Å². The summed E-state index contributed by atoms with van der Waals surface area (Å²) in [5, 5.41) is 10.1. The van der Waals surface area contributed by atoms with Crippen molar-refractivity contribution in [2.24, 2.45) is 11.1 Å². The molecular formula is C13H24N2O2S. The van der Waals surface area contributed by atoms with E-state index < -0.39 is 11.0 Å². The highest BCUT2D eigenvalue weighted by molar-refractivity contribution is 7.80.